The summed E-state index contributed by atoms with van der Waals surface area (Å²) in [7, 11) is 0. The lowest BCUT2D eigenvalue weighted by Crippen LogP contribution is -2.33. The van der Waals surface area contributed by atoms with E-state index in [0.717, 1.165) is 30.9 Å². The van der Waals surface area contributed by atoms with Crippen molar-refractivity contribution in [2.45, 2.75) is 38.8 Å². The van der Waals surface area contributed by atoms with Gasteiger partial charge in [-0.15, -0.1) is 11.3 Å². The van der Waals surface area contributed by atoms with Gasteiger partial charge in [0.2, 0.25) is 0 Å². The first kappa shape index (κ1) is 16.4. The summed E-state index contributed by atoms with van der Waals surface area (Å²) in [6.45, 7) is 5.71. The molecule has 0 radical (unpaired) electrons. The highest BCUT2D eigenvalue weighted by molar-refractivity contribution is 7.09. The molecule has 2 aromatic rings. The third-order valence-corrected chi connectivity index (χ3v) is 5.25. The predicted molar refractivity (Wildman–Crippen MR) is 92.9 cm³/mol. The van der Waals surface area contributed by atoms with Gasteiger partial charge >= 0.3 is 0 Å². The molecular formula is C18H24N2O2S. The number of nitrogens with zero attached hydrogens (tertiary/aromatic N) is 2. The molecule has 0 unspecified atom stereocenters. The number of aliphatic hydroxyl groups excluding tert-OH is 1. The van der Waals surface area contributed by atoms with Crippen LogP contribution < -0.4 is 4.74 Å². The molecule has 0 spiro atoms. The van der Waals surface area contributed by atoms with Crippen LogP contribution in [0.4, 0.5) is 0 Å². The highest BCUT2D eigenvalue weighted by Gasteiger charge is 2.23. The molecule has 23 heavy (non-hydrogen) atoms. The zero-order valence-electron chi connectivity index (χ0n) is 13.6. The molecule has 4 nitrogen and oxygen atoms in total. The van der Waals surface area contributed by atoms with Crippen LogP contribution in [0.2, 0.25) is 0 Å². The number of hydrogen-bond donors (Lipinski definition) is 1. The average Bonchev–Trinajstić information content (AvgIpc) is 3.11. The summed E-state index contributed by atoms with van der Waals surface area (Å²) in [6.07, 6.45) is 4.35. The molecule has 1 aromatic heterocycles. The summed E-state index contributed by atoms with van der Waals surface area (Å²) < 4.78 is 5.56. The van der Waals surface area contributed by atoms with Crippen molar-refractivity contribution in [1.82, 2.24) is 9.88 Å². The van der Waals surface area contributed by atoms with Crippen molar-refractivity contribution in [3.63, 3.8) is 0 Å². The fourth-order valence-electron chi connectivity index (χ4n) is 3.25. The van der Waals surface area contributed by atoms with Crippen molar-refractivity contribution in [1.29, 1.82) is 0 Å². The molecule has 1 aliphatic rings. The maximum Gasteiger partial charge on any atom is 0.124 e. The quantitative estimate of drug-likeness (QED) is 0.880. The van der Waals surface area contributed by atoms with Crippen molar-refractivity contribution in [2.24, 2.45) is 0 Å². The minimum atomic E-state index is 0.0188. The van der Waals surface area contributed by atoms with Gasteiger partial charge in [0.15, 0.2) is 0 Å². The number of benzene rings is 1. The number of likely N-dealkylation sites (tertiary alicyclic amines) is 1. The van der Waals surface area contributed by atoms with E-state index >= 15 is 0 Å². The molecule has 1 saturated heterocycles. The lowest BCUT2D eigenvalue weighted by Gasteiger charge is -2.32. The Balaban J connectivity index is 1.66. The first-order valence-corrected chi connectivity index (χ1v) is 9.15. The zero-order valence-corrected chi connectivity index (χ0v) is 14.4. The van der Waals surface area contributed by atoms with E-state index in [1.54, 1.807) is 11.3 Å². The molecule has 0 bridgehead atoms. The standard InChI is InChI=1S/C18H24N2O2S/c1-2-22-17-6-5-14(10-16(17)13-21)11-20-8-3-4-15(12-20)18-19-7-9-23-18/h5-7,9-10,15,21H,2-4,8,11-13H2,1H3/t15-/m0/s1. The van der Waals surface area contributed by atoms with E-state index in [1.165, 1.54) is 23.4 Å². The lowest BCUT2D eigenvalue weighted by molar-refractivity contribution is 0.199. The molecule has 0 aliphatic carbocycles. The number of aromatic nitrogens is 1. The molecule has 0 saturated carbocycles. The molecule has 3 rings (SSSR count). The number of hydrogen-bond acceptors (Lipinski definition) is 5. The predicted octanol–water partition coefficient (Wildman–Crippen LogP) is 3.41. The molecule has 1 atom stereocenters. The summed E-state index contributed by atoms with van der Waals surface area (Å²) >= 11 is 1.76. The Labute approximate surface area is 141 Å². The van der Waals surface area contributed by atoms with Crippen LogP contribution in [0.1, 0.15) is 41.8 Å². The van der Waals surface area contributed by atoms with Crippen molar-refractivity contribution in [3.05, 3.63) is 45.9 Å². The fourth-order valence-corrected chi connectivity index (χ4v) is 4.01. The first-order chi connectivity index (χ1) is 11.3. The number of aliphatic hydroxyl groups is 1. The number of rotatable bonds is 6. The smallest absolute Gasteiger partial charge is 0.124 e. The topological polar surface area (TPSA) is 45.6 Å². The van der Waals surface area contributed by atoms with Gasteiger partial charge in [-0.05, 0) is 44.0 Å². The van der Waals surface area contributed by atoms with E-state index in [1.807, 2.05) is 19.2 Å². The van der Waals surface area contributed by atoms with Crippen molar-refractivity contribution in [2.75, 3.05) is 19.7 Å². The third-order valence-electron chi connectivity index (χ3n) is 4.31. The highest BCUT2D eigenvalue weighted by atomic mass is 32.1. The minimum Gasteiger partial charge on any atom is -0.494 e. The second-order valence-corrected chi connectivity index (χ2v) is 6.90. The Morgan fingerprint density at radius 2 is 2.35 bits per heavy atom. The van der Waals surface area contributed by atoms with Gasteiger partial charge in [-0.1, -0.05) is 6.07 Å². The van der Waals surface area contributed by atoms with Crippen LogP contribution >= 0.6 is 11.3 Å². The average molecular weight is 332 g/mol. The van der Waals surface area contributed by atoms with E-state index in [-0.39, 0.29) is 6.61 Å². The Hall–Kier alpha value is -1.43. The molecule has 0 amide bonds. The maximum absolute atomic E-state index is 9.54. The summed E-state index contributed by atoms with van der Waals surface area (Å²) in [5.74, 6) is 1.35. The molecule has 1 fully saturated rings. The summed E-state index contributed by atoms with van der Waals surface area (Å²) in [4.78, 5) is 6.98. The van der Waals surface area contributed by atoms with Crippen LogP contribution in [0.3, 0.4) is 0 Å². The molecule has 1 aromatic carbocycles. The van der Waals surface area contributed by atoms with Crippen LogP contribution in [0.5, 0.6) is 5.75 Å². The van der Waals surface area contributed by atoms with Crippen LogP contribution in [-0.2, 0) is 13.2 Å². The summed E-state index contributed by atoms with van der Waals surface area (Å²) in [5, 5.41) is 12.9. The normalized spacial score (nSPS) is 19.0. The molecule has 5 heteroatoms. The van der Waals surface area contributed by atoms with E-state index in [9.17, 15) is 5.11 Å². The maximum atomic E-state index is 9.54. The van der Waals surface area contributed by atoms with Crippen molar-refractivity contribution < 1.29 is 9.84 Å². The Bertz CT molecular complexity index is 615. The zero-order chi connectivity index (χ0) is 16.1. The highest BCUT2D eigenvalue weighted by Crippen LogP contribution is 2.29. The van der Waals surface area contributed by atoms with Crippen molar-refractivity contribution >= 4 is 11.3 Å². The van der Waals surface area contributed by atoms with Gasteiger partial charge in [0.1, 0.15) is 5.75 Å². The number of thiazole rings is 1. The molecule has 124 valence electrons. The van der Waals surface area contributed by atoms with Gasteiger partial charge in [-0.3, -0.25) is 4.90 Å². The van der Waals surface area contributed by atoms with Gasteiger partial charge in [0.25, 0.3) is 0 Å². The second-order valence-electron chi connectivity index (χ2n) is 5.98. The Morgan fingerprint density at radius 1 is 1.43 bits per heavy atom. The Kier molecular flexibility index (Phi) is 5.65. The molecular weight excluding hydrogens is 308 g/mol. The van der Waals surface area contributed by atoms with Gasteiger partial charge < -0.3 is 9.84 Å². The van der Waals surface area contributed by atoms with E-state index in [0.29, 0.717) is 12.5 Å². The van der Waals surface area contributed by atoms with Gasteiger partial charge in [-0.2, -0.15) is 0 Å². The second kappa shape index (κ2) is 7.90. The van der Waals surface area contributed by atoms with E-state index in [4.69, 9.17) is 4.74 Å². The molecule has 1 N–H and O–H groups in total. The number of ether oxygens (including phenoxy) is 1. The number of piperidine rings is 1. The fraction of sp³-hybridized carbons (Fsp3) is 0.500. The van der Waals surface area contributed by atoms with Crippen LogP contribution in [0.25, 0.3) is 0 Å². The van der Waals surface area contributed by atoms with Gasteiger partial charge in [0, 0.05) is 36.1 Å². The minimum absolute atomic E-state index is 0.0188. The monoisotopic (exact) mass is 332 g/mol. The largest absolute Gasteiger partial charge is 0.494 e. The molecule has 2 heterocycles. The Morgan fingerprint density at radius 3 is 3.09 bits per heavy atom. The summed E-state index contributed by atoms with van der Waals surface area (Å²) in [6, 6.07) is 6.15. The molecule has 1 aliphatic heterocycles. The van der Waals surface area contributed by atoms with Crippen LogP contribution in [-0.4, -0.2) is 34.7 Å². The van der Waals surface area contributed by atoms with Crippen molar-refractivity contribution in [3.8, 4) is 5.75 Å². The third kappa shape index (κ3) is 4.10. The lowest BCUT2D eigenvalue weighted by atomic mass is 9.98. The first-order valence-electron chi connectivity index (χ1n) is 8.27. The van der Waals surface area contributed by atoms with Gasteiger partial charge in [0.05, 0.1) is 18.2 Å². The summed E-state index contributed by atoms with van der Waals surface area (Å²) in [5.41, 5.74) is 2.11. The van der Waals surface area contributed by atoms with Crippen LogP contribution in [0.15, 0.2) is 29.8 Å². The van der Waals surface area contributed by atoms with Gasteiger partial charge in [-0.25, -0.2) is 4.98 Å². The van der Waals surface area contributed by atoms with E-state index < -0.39 is 0 Å². The van der Waals surface area contributed by atoms with E-state index in [2.05, 4.69) is 27.4 Å². The SMILES string of the molecule is CCOc1ccc(CN2CCC[C@H](c3nccs3)C2)cc1CO. The van der Waals surface area contributed by atoms with Crippen LogP contribution in [0, 0.1) is 0 Å².